The Morgan fingerprint density at radius 3 is 1.56 bits per heavy atom. The lowest BCUT2D eigenvalue weighted by Crippen LogP contribution is -2.17. The van der Waals surface area contributed by atoms with Crippen LogP contribution < -0.4 is 20.1 Å². The summed E-state index contributed by atoms with van der Waals surface area (Å²) in [5, 5.41) is 22.7. The molecule has 4 aromatic heterocycles. The second-order valence-corrected chi connectivity index (χ2v) is 9.72. The van der Waals surface area contributed by atoms with E-state index < -0.39 is 0 Å². The molecule has 2 atom stereocenters. The summed E-state index contributed by atoms with van der Waals surface area (Å²) >= 11 is 0. The Bertz CT molecular complexity index is 1380. The second kappa shape index (κ2) is 12.9. The molecule has 4 heterocycles. The third kappa shape index (κ3) is 7.35. The highest BCUT2D eigenvalue weighted by molar-refractivity contribution is 5.91. The van der Waals surface area contributed by atoms with E-state index in [4.69, 9.17) is 9.47 Å². The quantitative estimate of drug-likeness (QED) is 0.298. The fourth-order valence-corrected chi connectivity index (χ4v) is 4.84. The molecule has 1 aliphatic rings. The van der Waals surface area contributed by atoms with Gasteiger partial charge in [0, 0.05) is 36.4 Å². The number of nitrogens with zero attached hydrogens (tertiary/aromatic N) is 6. The molecule has 12 nitrogen and oxygen atoms in total. The maximum Gasteiger partial charge on any atom is 0.231 e. The van der Waals surface area contributed by atoms with Gasteiger partial charge in [-0.15, -0.1) is 10.2 Å². The van der Waals surface area contributed by atoms with E-state index in [1.165, 1.54) is 0 Å². The van der Waals surface area contributed by atoms with E-state index >= 15 is 0 Å². The first kappa shape index (κ1) is 27.6. The van der Waals surface area contributed by atoms with Crippen LogP contribution in [-0.4, -0.2) is 56.4 Å². The molecule has 1 fully saturated rings. The van der Waals surface area contributed by atoms with E-state index in [-0.39, 0.29) is 36.5 Å². The minimum Gasteiger partial charge on any atom is -0.497 e. The molecule has 0 radical (unpaired) electrons. The van der Waals surface area contributed by atoms with Gasteiger partial charge in [0.2, 0.25) is 11.8 Å². The number of ether oxygens (including phenoxy) is 2. The Kier molecular flexibility index (Phi) is 8.67. The molecule has 0 spiro atoms. The van der Waals surface area contributed by atoms with Crippen molar-refractivity contribution in [3.8, 4) is 11.5 Å². The summed E-state index contributed by atoms with van der Waals surface area (Å²) < 4.78 is 10.3. The van der Waals surface area contributed by atoms with Gasteiger partial charge in [0.05, 0.1) is 49.8 Å². The third-order valence-electron chi connectivity index (χ3n) is 6.91. The zero-order valence-electron chi connectivity index (χ0n) is 22.8. The van der Waals surface area contributed by atoms with Gasteiger partial charge in [-0.25, -0.2) is 0 Å². The van der Waals surface area contributed by atoms with Crippen LogP contribution in [0, 0.1) is 0 Å². The Hall–Kier alpha value is -5.00. The lowest BCUT2D eigenvalue weighted by molar-refractivity contribution is -0.116. The average molecular weight is 555 g/mol. The second-order valence-electron chi connectivity index (χ2n) is 9.72. The number of nitrogens with one attached hydrogen (secondary N) is 2. The van der Waals surface area contributed by atoms with Crippen molar-refractivity contribution in [2.75, 3.05) is 24.9 Å². The van der Waals surface area contributed by atoms with Crippen LogP contribution in [0.25, 0.3) is 0 Å². The Morgan fingerprint density at radius 1 is 0.707 bits per heavy atom. The highest BCUT2D eigenvalue weighted by Crippen LogP contribution is 2.42. The number of rotatable bonds is 10. The zero-order chi connectivity index (χ0) is 28.6. The maximum atomic E-state index is 12.4. The van der Waals surface area contributed by atoms with Gasteiger partial charge in [0.1, 0.15) is 11.5 Å². The highest BCUT2D eigenvalue weighted by Gasteiger charge is 2.29. The Balaban J connectivity index is 1.11. The molecule has 12 heteroatoms. The van der Waals surface area contributed by atoms with E-state index in [9.17, 15) is 9.59 Å². The van der Waals surface area contributed by atoms with Crippen LogP contribution in [-0.2, 0) is 22.4 Å². The van der Waals surface area contributed by atoms with Gasteiger partial charge in [-0.1, -0.05) is 0 Å². The SMILES string of the molecule is COc1ccnc(CC(=O)Nc2ccc([C@H]3CC[C@H](c4ccc(NC(=O)Cc5cc(OC)ccn5)nn4)C3)nn2)c1. The standard InChI is InChI=1S/C29H30N8O4/c1-40-22-9-11-30-20(14-22)16-28(38)32-26-7-5-24(34-36-26)18-3-4-19(13-18)25-6-8-27(37-35-25)33-29(39)17-21-15-23(41-2)10-12-31-21/h5-12,14-15,18-19H,3-4,13,16-17H2,1-2H3,(H,32,36,38)(H,33,37,39)/t18-,19-/m0/s1. The van der Waals surface area contributed by atoms with Gasteiger partial charge in [-0.2, -0.15) is 10.2 Å². The summed E-state index contributed by atoms with van der Waals surface area (Å²) in [4.78, 5) is 33.2. The lowest BCUT2D eigenvalue weighted by Gasteiger charge is -2.11. The van der Waals surface area contributed by atoms with E-state index in [0.717, 1.165) is 30.7 Å². The Morgan fingerprint density at radius 2 is 1.17 bits per heavy atom. The summed E-state index contributed by atoms with van der Waals surface area (Å²) in [6.45, 7) is 0. The van der Waals surface area contributed by atoms with Gasteiger partial charge < -0.3 is 20.1 Å². The zero-order valence-corrected chi connectivity index (χ0v) is 22.8. The fraction of sp³-hybridized carbons (Fsp3) is 0.310. The van der Waals surface area contributed by atoms with Crippen molar-refractivity contribution in [2.24, 2.45) is 0 Å². The summed E-state index contributed by atoms with van der Waals surface area (Å²) in [6, 6.07) is 14.2. The molecule has 2 N–H and O–H groups in total. The van der Waals surface area contributed by atoms with E-state index in [1.54, 1.807) is 63.0 Å². The van der Waals surface area contributed by atoms with Crippen molar-refractivity contribution in [1.29, 1.82) is 0 Å². The molecular weight excluding hydrogens is 524 g/mol. The number of pyridine rings is 2. The number of carbonyl (C=O) groups is 2. The highest BCUT2D eigenvalue weighted by atomic mass is 16.5. The van der Waals surface area contributed by atoms with Gasteiger partial charge in [-0.05, 0) is 55.7 Å². The molecule has 0 aliphatic heterocycles. The molecule has 1 saturated carbocycles. The predicted molar refractivity (Wildman–Crippen MR) is 150 cm³/mol. The van der Waals surface area contributed by atoms with E-state index in [2.05, 4.69) is 41.0 Å². The van der Waals surface area contributed by atoms with Crippen LogP contribution in [0.15, 0.2) is 60.9 Å². The van der Waals surface area contributed by atoms with Crippen LogP contribution in [0.2, 0.25) is 0 Å². The molecule has 210 valence electrons. The summed E-state index contributed by atoms with van der Waals surface area (Å²) in [5.74, 6) is 2.07. The first-order valence-electron chi connectivity index (χ1n) is 13.2. The number of aromatic nitrogens is 6. The van der Waals surface area contributed by atoms with Crippen LogP contribution in [0.3, 0.4) is 0 Å². The first-order chi connectivity index (χ1) is 20.0. The molecule has 41 heavy (non-hydrogen) atoms. The summed E-state index contributed by atoms with van der Waals surface area (Å²) in [5.41, 5.74) is 2.96. The van der Waals surface area contributed by atoms with Crippen molar-refractivity contribution in [1.82, 2.24) is 30.4 Å². The van der Waals surface area contributed by atoms with E-state index in [1.807, 2.05) is 12.1 Å². The molecule has 5 rings (SSSR count). The van der Waals surface area contributed by atoms with Crippen molar-refractivity contribution in [2.45, 2.75) is 43.9 Å². The largest absolute Gasteiger partial charge is 0.497 e. The van der Waals surface area contributed by atoms with Crippen molar-refractivity contribution in [3.63, 3.8) is 0 Å². The molecule has 4 aromatic rings. The molecule has 0 aromatic carbocycles. The number of hydrogen-bond acceptors (Lipinski definition) is 10. The molecular formula is C29H30N8O4. The smallest absolute Gasteiger partial charge is 0.231 e. The van der Waals surface area contributed by atoms with Crippen molar-refractivity contribution in [3.05, 3.63) is 83.7 Å². The predicted octanol–water partition coefficient (Wildman–Crippen LogP) is 3.49. The van der Waals surface area contributed by atoms with Crippen LogP contribution >= 0.6 is 0 Å². The Labute approximate surface area is 237 Å². The van der Waals surface area contributed by atoms with Gasteiger partial charge in [0.25, 0.3) is 0 Å². The molecule has 0 saturated heterocycles. The van der Waals surface area contributed by atoms with Crippen molar-refractivity contribution < 1.29 is 19.1 Å². The number of carbonyl (C=O) groups excluding carboxylic acids is 2. The number of hydrogen-bond donors (Lipinski definition) is 2. The average Bonchev–Trinajstić information content (AvgIpc) is 3.48. The minimum atomic E-state index is -0.232. The maximum absolute atomic E-state index is 12.4. The summed E-state index contributed by atoms with van der Waals surface area (Å²) in [7, 11) is 3.14. The fourth-order valence-electron chi connectivity index (χ4n) is 4.84. The normalized spacial score (nSPS) is 16.1. The number of methoxy groups -OCH3 is 2. The first-order valence-corrected chi connectivity index (χ1v) is 13.2. The number of amides is 2. The van der Waals surface area contributed by atoms with Crippen LogP contribution in [0.4, 0.5) is 11.6 Å². The van der Waals surface area contributed by atoms with Crippen molar-refractivity contribution >= 4 is 23.5 Å². The minimum absolute atomic E-state index is 0.105. The lowest BCUT2D eigenvalue weighted by atomic mass is 9.99. The van der Waals surface area contributed by atoms with Gasteiger partial charge >= 0.3 is 0 Å². The van der Waals surface area contributed by atoms with Crippen LogP contribution in [0.5, 0.6) is 11.5 Å². The van der Waals surface area contributed by atoms with E-state index in [0.29, 0.717) is 34.5 Å². The molecule has 0 unspecified atom stereocenters. The molecule has 2 amide bonds. The number of anilines is 2. The van der Waals surface area contributed by atoms with Gasteiger partial charge in [0.15, 0.2) is 11.6 Å². The van der Waals surface area contributed by atoms with Gasteiger partial charge in [-0.3, -0.25) is 19.6 Å². The topological polar surface area (TPSA) is 154 Å². The molecule has 0 bridgehead atoms. The van der Waals surface area contributed by atoms with Crippen LogP contribution in [0.1, 0.15) is 53.9 Å². The summed E-state index contributed by atoms with van der Waals surface area (Å²) in [6.07, 6.45) is 6.17. The molecule has 1 aliphatic carbocycles. The monoisotopic (exact) mass is 554 g/mol. The third-order valence-corrected chi connectivity index (χ3v) is 6.91.